The molecule has 82 valence electrons. The summed E-state index contributed by atoms with van der Waals surface area (Å²) in [5.41, 5.74) is 0. The van der Waals surface area contributed by atoms with Crippen LogP contribution in [0.3, 0.4) is 0 Å². The molecule has 0 aliphatic heterocycles. The van der Waals surface area contributed by atoms with E-state index in [1.165, 1.54) is 6.92 Å². The minimum atomic E-state index is -0.0687. The van der Waals surface area contributed by atoms with Gasteiger partial charge in [0.25, 0.3) is 0 Å². The summed E-state index contributed by atoms with van der Waals surface area (Å²) >= 11 is 0. The van der Waals surface area contributed by atoms with Gasteiger partial charge in [-0.3, -0.25) is 9.59 Å². The van der Waals surface area contributed by atoms with E-state index in [2.05, 4.69) is 17.6 Å². The molecule has 0 rings (SSSR count). The van der Waals surface area contributed by atoms with Crippen molar-refractivity contribution in [2.45, 2.75) is 33.6 Å². The second-order valence-corrected chi connectivity index (χ2v) is 3.46. The zero-order chi connectivity index (χ0) is 11.0. The highest BCUT2D eigenvalue weighted by Crippen LogP contribution is 2.03. The molecule has 0 aromatic rings. The highest BCUT2D eigenvalue weighted by molar-refractivity contribution is 5.78. The van der Waals surface area contributed by atoms with Crippen LogP contribution in [0.2, 0.25) is 0 Å². The smallest absolute Gasteiger partial charge is 0.222 e. The van der Waals surface area contributed by atoms with Gasteiger partial charge in [-0.25, -0.2) is 0 Å². The van der Waals surface area contributed by atoms with Crippen molar-refractivity contribution in [1.82, 2.24) is 10.6 Å². The Hall–Kier alpha value is -1.06. The molecule has 0 saturated carbocycles. The second kappa shape index (κ2) is 7.35. The van der Waals surface area contributed by atoms with Gasteiger partial charge in [0.1, 0.15) is 0 Å². The van der Waals surface area contributed by atoms with E-state index < -0.39 is 0 Å². The minimum absolute atomic E-state index is 0.0669. The quantitative estimate of drug-likeness (QED) is 0.619. The molecule has 0 aromatic carbocycles. The summed E-state index contributed by atoms with van der Waals surface area (Å²) < 4.78 is 0. The third-order valence-corrected chi connectivity index (χ3v) is 1.97. The molecule has 2 amide bonds. The lowest BCUT2D eigenvalue weighted by Crippen LogP contribution is -2.36. The molecule has 0 heterocycles. The van der Waals surface area contributed by atoms with Gasteiger partial charge < -0.3 is 10.6 Å². The van der Waals surface area contributed by atoms with Crippen molar-refractivity contribution >= 4 is 11.8 Å². The van der Waals surface area contributed by atoms with E-state index in [9.17, 15) is 9.59 Å². The Balaban J connectivity index is 3.48. The molecular weight excluding hydrogens is 180 g/mol. The molecule has 0 unspecified atom stereocenters. The van der Waals surface area contributed by atoms with Gasteiger partial charge in [-0.1, -0.05) is 20.3 Å². The lowest BCUT2D eigenvalue weighted by molar-refractivity contribution is -0.125. The number of carbonyl (C=O) groups is 2. The van der Waals surface area contributed by atoms with Gasteiger partial charge in [0.15, 0.2) is 0 Å². The summed E-state index contributed by atoms with van der Waals surface area (Å²) in [6.45, 7) is 6.44. The van der Waals surface area contributed by atoms with Crippen LogP contribution < -0.4 is 10.6 Å². The summed E-state index contributed by atoms with van der Waals surface area (Å²) in [6, 6.07) is 0. The maximum Gasteiger partial charge on any atom is 0.222 e. The largest absolute Gasteiger partial charge is 0.355 e. The first-order valence-corrected chi connectivity index (χ1v) is 5.10. The summed E-state index contributed by atoms with van der Waals surface area (Å²) in [5.74, 6) is 0.0652. The number of nitrogens with one attached hydrogen (secondary N) is 2. The van der Waals surface area contributed by atoms with Crippen molar-refractivity contribution in [2.75, 3.05) is 13.1 Å². The number of rotatable bonds is 6. The Morgan fingerprint density at radius 1 is 1.21 bits per heavy atom. The molecule has 0 aliphatic carbocycles. The van der Waals surface area contributed by atoms with E-state index in [-0.39, 0.29) is 17.7 Å². The first kappa shape index (κ1) is 12.9. The van der Waals surface area contributed by atoms with Crippen LogP contribution in [-0.2, 0) is 9.59 Å². The monoisotopic (exact) mass is 200 g/mol. The van der Waals surface area contributed by atoms with Crippen molar-refractivity contribution in [2.24, 2.45) is 5.92 Å². The van der Waals surface area contributed by atoms with E-state index in [0.29, 0.717) is 13.1 Å². The van der Waals surface area contributed by atoms with Gasteiger partial charge >= 0.3 is 0 Å². The van der Waals surface area contributed by atoms with Crippen molar-refractivity contribution in [3.8, 4) is 0 Å². The lowest BCUT2D eigenvalue weighted by atomic mass is 10.1. The third-order valence-electron chi connectivity index (χ3n) is 1.97. The van der Waals surface area contributed by atoms with Crippen LogP contribution in [-0.4, -0.2) is 24.9 Å². The minimum Gasteiger partial charge on any atom is -0.355 e. The molecule has 0 aromatic heterocycles. The van der Waals surface area contributed by atoms with Crippen LogP contribution >= 0.6 is 0 Å². The van der Waals surface area contributed by atoms with Crippen molar-refractivity contribution < 1.29 is 9.59 Å². The van der Waals surface area contributed by atoms with Crippen molar-refractivity contribution in [3.63, 3.8) is 0 Å². The Labute approximate surface area is 85.4 Å². The third kappa shape index (κ3) is 6.46. The number of hydrogen-bond acceptors (Lipinski definition) is 2. The van der Waals surface area contributed by atoms with E-state index in [0.717, 1.165) is 12.8 Å². The highest BCUT2D eigenvalue weighted by atomic mass is 16.2. The molecule has 4 heteroatoms. The average molecular weight is 200 g/mol. The molecule has 0 spiro atoms. The number of amides is 2. The molecule has 2 N–H and O–H groups in total. The Kier molecular flexibility index (Phi) is 6.80. The van der Waals surface area contributed by atoms with Crippen LogP contribution in [0.5, 0.6) is 0 Å². The SMILES string of the molecule is CCC[C@@H](C)C(=O)NCCNC(C)=O. The fraction of sp³-hybridized carbons (Fsp3) is 0.800. The Morgan fingerprint density at radius 2 is 1.79 bits per heavy atom. The molecule has 0 aliphatic rings. The van der Waals surface area contributed by atoms with Crippen LogP contribution in [0.4, 0.5) is 0 Å². The van der Waals surface area contributed by atoms with Gasteiger partial charge in [-0.05, 0) is 6.42 Å². The molecule has 14 heavy (non-hydrogen) atoms. The van der Waals surface area contributed by atoms with Gasteiger partial charge in [-0.2, -0.15) is 0 Å². The zero-order valence-electron chi connectivity index (χ0n) is 9.22. The number of hydrogen-bond donors (Lipinski definition) is 2. The van der Waals surface area contributed by atoms with E-state index in [1.54, 1.807) is 0 Å². The fourth-order valence-electron chi connectivity index (χ4n) is 1.16. The van der Waals surface area contributed by atoms with E-state index >= 15 is 0 Å². The molecular formula is C10H20N2O2. The molecule has 1 atom stereocenters. The summed E-state index contributed by atoms with van der Waals surface area (Å²) in [5, 5.41) is 5.39. The first-order valence-electron chi connectivity index (χ1n) is 5.10. The summed E-state index contributed by atoms with van der Waals surface area (Å²) in [7, 11) is 0. The molecule has 0 fully saturated rings. The molecule has 0 bridgehead atoms. The van der Waals surface area contributed by atoms with Gasteiger partial charge in [-0.15, -0.1) is 0 Å². The summed E-state index contributed by atoms with van der Waals surface area (Å²) in [6.07, 6.45) is 1.92. The number of carbonyl (C=O) groups excluding carboxylic acids is 2. The summed E-state index contributed by atoms with van der Waals surface area (Å²) in [4.78, 5) is 21.9. The Morgan fingerprint density at radius 3 is 2.29 bits per heavy atom. The van der Waals surface area contributed by atoms with Crippen LogP contribution in [0.15, 0.2) is 0 Å². The maximum absolute atomic E-state index is 11.4. The molecule has 4 nitrogen and oxygen atoms in total. The van der Waals surface area contributed by atoms with Crippen LogP contribution in [0.25, 0.3) is 0 Å². The standard InChI is InChI=1S/C10H20N2O2/c1-4-5-8(2)10(14)12-7-6-11-9(3)13/h8H,4-7H2,1-3H3,(H,11,13)(H,12,14)/t8-/m1/s1. The second-order valence-electron chi connectivity index (χ2n) is 3.46. The van der Waals surface area contributed by atoms with Crippen LogP contribution in [0.1, 0.15) is 33.6 Å². The van der Waals surface area contributed by atoms with Gasteiger partial charge in [0, 0.05) is 25.9 Å². The normalized spacial score (nSPS) is 11.9. The van der Waals surface area contributed by atoms with Crippen molar-refractivity contribution in [1.29, 1.82) is 0 Å². The predicted molar refractivity (Wildman–Crippen MR) is 55.8 cm³/mol. The molecule has 0 radical (unpaired) electrons. The molecule has 0 saturated heterocycles. The first-order chi connectivity index (χ1) is 6.57. The van der Waals surface area contributed by atoms with E-state index in [4.69, 9.17) is 0 Å². The maximum atomic E-state index is 11.4. The highest BCUT2D eigenvalue weighted by Gasteiger charge is 2.10. The predicted octanol–water partition coefficient (Wildman–Crippen LogP) is 0.675. The van der Waals surface area contributed by atoms with Crippen molar-refractivity contribution in [3.05, 3.63) is 0 Å². The fourth-order valence-corrected chi connectivity index (χ4v) is 1.16. The zero-order valence-corrected chi connectivity index (χ0v) is 9.22. The van der Waals surface area contributed by atoms with E-state index in [1.807, 2.05) is 6.92 Å². The topological polar surface area (TPSA) is 58.2 Å². The van der Waals surface area contributed by atoms with Crippen LogP contribution in [0, 0.1) is 5.92 Å². The van der Waals surface area contributed by atoms with Gasteiger partial charge in [0.05, 0.1) is 0 Å². The van der Waals surface area contributed by atoms with Gasteiger partial charge in [0.2, 0.25) is 11.8 Å². The lowest BCUT2D eigenvalue weighted by Gasteiger charge is -2.10. The Bertz CT molecular complexity index is 193. The average Bonchev–Trinajstić information content (AvgIpc) is 2.12.